The summed E-state index contributed by atoms with van der Waals surface area (Å²) in [7, 11) is 0. The van der Waals surface area contributed by atoms with Crippen molar-refractivity contribution in [1.29, 1.82) is 0 Å². The molecule has 1 amide bonds. The van der Waals surface area contributed by atoms with E-state index in [1.54, 1.807) is 24.0 Å². The summed E-state index contributed by atoms with van der Waals surface area (Å²) in [6.45, 7) is 11.6. The quantitative estimate of drug-likeness (QED) is 0.140. The highest BCUT2D eigenvalue weighted by Gasteiger charge is 2.25. The summed E-state index contributed by atoms with van der Waals surface area (Å²) in [6.07, 6.45) is 7.47. The summed E-state index contributed by atoms with van der Waals surface area (Å²) in [5, 5.41) is 11.8. The van der Waals surface area contributed by atoms with Crippen molar-refractivity contribution in [2.24, 2.45) is 0 Å². The molecule has 0 bridgehead atoms. The fourth-order valence-electron chi connectivity index (χ4n) is 4.33. The van der Waals surface area contributed by atoms with Crippen LogP contribution in [0.3, 0.4) is 0 Å². The minimum Gasteiger partial charge on any atom is -0.441 e. The molecule has 2 aromatic rings. The Morgan fingerprint density at radius 3 is 1.92 bits per heavy atom. The molecule has 2 rings (SSSR count). The van der Waals surface area contributed by atoms with Crippen LogP contribution in [0.15, 0.2) is 42.5 Å². The average Bonchev–Trinajstić information content (AvgIpc) is 2.87. The van der Waals surface area contributed by atoms with Crippen molar-refractivity contribution in [1.82, 2.24) is 4.90 Å². The lowest BCUT2D eigenvalue weighted by Crippen LogP contribution is -2.34. The molecular weight excluding hydrogens is 452 g/mol. The lowest BCUT2D eigenvalue weighted by Gasteiger charge is -2.24. The number of carbonyl (C=O) groups excluding carboxylic acids is 1. The predicted octanol–water partition coefficient (Wildman–Crippen LogP) is 9.05. The summed E-state index contributed by atoms with van der Waals surface area (Å²) < 4.78 is 5.83. The van der Waals surface area contributed by atoms with Crippen LogP contribution in [0.1, 0.15) is 109 Å². The molecule has 0 fully saturated rings. The van der Waals surface area contributed by atoms with E-state index in [0.717, 1.165) is 62.5 Å². The zero-order chi connectivity index (χ0) is 26.5. The van der Waals surface area contributed by atoms with Crippen LogP contribution in [-0.2, 0) is 4.74 Å². The Labute approximate surface area is 217 Å². The van der Waals surface area contributed by atoms with Crippen molar-refractivity contribution >= 4 is 11.8 Å². The van der Waals surface area contributed by atoms with Crippen LogP contribution in [0.25, 0.3) is 11.1 Å². The van der Waals surface area contributed by atoms with E-state index in [9.17, 15) is 14.9 Å². The smallest absolute Gasteiger partial charge is 0.410 e. The van der Waals surface area contributed by atoms with Gasteiger partial charge in [0.2, 0.25) is 0 Å². The van der Waals surface area contributed by atoms with E-state index in [2.05, 4.69) is 39.8 Å². The number of carbonyl (C=O) groups is 1. The highest BCUT2D eigenvalue weighted by atomic mass is 16.6. The number of benzene rings is 2. The Kier molecular flexibility index (Phi) is 12.4. The fraction of sp³-hybridized carbons (Fsp3) is 0.567. The normalized spacial score (nSPS) is 11.9. The maximum atomic E-state index is 13.1. The zero-order valence-electron chi connectivity index (χ0n) is 22.8. The first-order valence-electron chi connectivity index (χ1n) is 13.6. The first-order chi connectivity index (χ1) is 17.3. The molecule has 0 aromatic heterocycles. The maximum absolute atomic E-state index is 13.1. The number of unbranched alkanes of at least 4 members (excludes halogenated alkanes) is 6. The molecule has 1 atom stereocenters. The molecule has 0 aliphatic heterocycles. The molecule has 0 aliphatic rings. The Morgan fingerprint density at radius 1 is 0.861 bits per heavy atom. The Bertz CT molecular complexity index is 944. The van der Waals surface area contributed by atoms with E-state index in [-0.39, 0.29) is 5.69 Å². The molecule has 1 unspecified atom stereocenters. The summed E-state index contributed by atoms with van der Waals surface area (Å²) in [5.74, 6) is 0.429. The van der Waals surface area contributed by atoms with Crippen LogP contribution in [0.2, 0.25) is 0 Å². The Morgan fingerprint density at radius 2 is 1.42 bits per heavy atom. The second kappa shape index (κ2) is 15.3. The average molecular weight is 497 g/mol. The van der Waals surface area contributed by atoms with E-state index >= 15 is 0 Å². The number of nitrogens with zero attached hydrogens (tertiary/aromatic N) is 2. The molecule has 2 aromatic carbocycles. The van der Waals surface area contributed by atoms with Crippen LogP contribution in [0.5, 0.6) is 0 Å². The van der Waals surface area contributed by atoms with Crippen LogP contribution in [-0.4, -0.2) is 29.0 Å². The Balaban J connectivity index is 2.21. The second-order valence-electron chi connectivity index (χ2n) is 9.94. The topological polar surface area (TPSA) is 72.7 Å². The van der Waals surface area contributed by atoms with Gasteiger partial charge < -0.3 is 9.64 Å². The van der Waals surface area contributed by atoms with Gasteiger partial charge in [0.1, 0.15) is 6.10 Å². The molecule has 36 heavy (non-hydrogen) atoms. The third-order valence-corrected chi connectivity index (χ3v) is 6.67. The van der Waals surface area contributed by atoms with Gasteiger partial charge in [-0.2, -0.15) is 0 Å². The largest absolute Gasteiger partial charge is 0.441 e. The molecular formula is C30H44N2O4. The number of nitro benzene ring substituents is 1. The number of ether oxygens (including phenoxy) is 1. The van der Waals surface area contributed by atoms with Crippen LogP contribution < -0.4 is 0 Å². The van der Waals surface area contributed by atoms with Crippen LogP contribution in [0.4, 0.5) is 10.5 Å². The number of hydrogen-bond acceptors (Lipinski definition) is 4. The van der Waals surface area contributed by atoms with Crippen molar-refractivity contribution in [2.75, 3.05) is 13.1 Å². The van der Waals surface area contributed by atoms with Gasteiger partial charge >= 0.3 is 6.09 Å². The highest BCUT2D eigenvalue weighted by molar-refractivity contribution is 5.70. The van der Waals surface area contributed by atoms with Gasteiger partial charge in [0.05, 0.1) is 10.5 Å². The number of amides is 1. The van der Waals surface area contributed by atoms with Gasteiger partial charge in [-0.05, 0) is 54.5 Å². The second-order valence-corrected chi connectivity index (χ2v) is 9.94. The zero-order valence-corrected chi connectivity index (χ0v) is 22.8. The van der Waals surface area contributed by atoms with Crippen molar-refractivity contribution in [3.05, 3.63) is 63.7 Å². The van der Waals surface area contributed by atoms with Crippen LogP contribution in [0, 0.1) is 10.1 Å². The van der Waals surface area contributed by atoms with Crippen molar-refractivity contribution in [3.8, 4) is 11.1 Å². The molecule has 0 radical (unpaired) electrons. The van der Waals surface area contributed by atoms with Gasteiger partial charge in [0, 0.05) is 19.2 Å². The number of hydrogen-bond donors (Lipinski definition) is 0. The van der Waals surface area contributed by atoms with E-state index < -0.39 is 17.1 Å². The number of rotatable bonds is 15. The van der Waals surface area contributed by atoms with Gasteiger partial charge in [-0.25, -0.2) is 4.79 Å². The van der Waals surface area contributed by atoms with E-state index in [4.69, 9.17) is 4.74 Å². The molecule has 0 N–H and O–H groups in total. The molecule has 0 spiro atoms. The molecule has 0 heterocycles. The van der Waals surface area contributed by atoms with E-state index in [1.165, 1.54) is 11.6 Å². The SMILES string of the molecule is CCCCCCN(CCCCCC)C(=O)OC(C)c1cc(-c2ccc(C(C)C)cc2)ccc1[N+](=O)[O-]. The summed E-state index contributed by atoms with van der Waals surface area (Å²) in [5.41, 5.74) is 3.46. The Hall–Kier alpha value is -2.89. The molecule has 0 saturated heterocycles. The first kappa shape index (κ1) is 29.3. The van der Waals surface area contributed by atoms with Crippen molar-refractivity contribution in [3.63, 3.8) is 0 Å². The van der Waals surface area contributed by atoms with Gasteiger partial charge in [0.25, 0.3) is 5.69 Å². The highest BCUT2D eigenvalue weighted by Crippen LogP contribution is 2.33. The monoisotopic (exact) mass is 496 g/mol. The summed E-state index contributed by atoms with van der Waals surface area (Å²) in [6, 6.07) is 13.3. The third kappa shape index (κ3) is 8.96. The van der Waals surface area contributed by atoms with Gasteiger partial charge in [0.15, 0.2) is 0 Å². The standard InChI is InChI=1S/C30H44N2O4/c1-6-8-10-12-20-31(21-13-11-9-7-2)30(33)36-24(5)28-22-27(18-19-29(28)32(34)35)26-16-14-25(15-17-26)23(3)4/h14-19,22-24H,6-13,20-21H2,1-5H3. The minimum absolute atomic E-state index is 0.0321. The summed E-state index contributed by atoms with van der Waals surface area (Å²) in [4.78, 5) is 26.3. The lowest BCUT2D eigenvalue weighted by atomic mass is 9.96. The molecule has 0 saturated carbocycles. The number of nitro groups is 1. The van der Waals surface area contributed by atoms with Gasteiger partial charge in [-0.15, -0.1) is 0 Å². The molecule has 6 heteroatoms. The van der Waals surface area contributed by atoms with E-state index in [1.807, 2.05) is 12.1 Å². The van der Waals surface area contributed by atoms with Crippen molar-refractivity contribution in [2.45, 2.75) is 98.0 Å². The maximum Gasteiger partial charge on any atom is 0.410 e. The predicted molar refractivity (Wildman–Crippen MR) is 147 cm³/mol. The first-order valence-corrected chi connectivity index (χ1v) is 13.6. The van der Waals surface area contributed by atoms with Crippen LogP contribution >= 0.6 is 0 Å². The lowest BCUT2D eigenvalue weighted by molar-refractivity contribution is -0.386. The summed E-state index contributed by atoms with van der Waals surface area (Å²) >= 11 is 0. The van der Waals surface area contributed by atoms with Crippen molar-refractivity contribution < 1.29 is 14.5 Å². The van der Waals surface area contributed by atoms with Gasteiger partial charge in [-0.3, -0.25) is 10.1 Å². The fourth-order valence-corrected chi connectivity index (χ4v) is 4.33. The molecule has 198 valence electrons. The minimum atomic E-state index is -0.735. The molecule has 0 aliphatic carbocycles. The third-order valence-electron chi connectivity index (χ3n) is 6.67. The van der Waals surface area contributed by atoms with E-state index in [0.29, 0.717) is 24.6 Å². The molecule has 6 nitrogen and oxygen atoms in total. The van der Waals surface area contributed by atoms with Gasteiger partial charge in [-0.1, -0.05) is 90.5 Å².